The van der Waals surface area contributed by atoms with Crippen molar-refractivity contribution in [3.05, 3.63) is 57.2 Å². The van der Waals surface area contributed by atoms with Crippen molar-refractivity contribution in [2.45, 2.75) is 9.79 Å². The van der Waals surface area contributed by atoms with Gasteiger partial charge in [0.25, 0.3) is 0 Å². The van der Waals surface area contributed by atoms with Crippen LogP contribution in [0.3, 0.4) is 0 Å². The van der Waals surface area contributed by atoms with E-state index in [0.29, 0.717) is 9.79 Å². The summed E-state index contributed by atoms with van der Waals surface area (Å²) in [6.07, 6.45) is 0. The number of fused-ring (bicyclic) bond motifs is 2. The van der Waals surface area contributed by atoms with Gasteiger partial charge in [-0.05, 0) is 12.1 Å². The van der Waals surface area contributed by atoms with Crippen molar-refractivity contribution in [2.75, 3.05) is 0 Å². The van der Waals surface area contributed by atoms with Crippen LogP contribution in [0.15, 0.2) is 46.2 Å². The number of nitrogens with one attached hydrogen (secondary N) is 4. The van der Waals surface area contributed by atoms with E-state index in [2.05, 4.69) is 9.88 Å². The average Bonchev–Trinajstić information content (AvgIpc) is 2.97. The molecule has 120 valence electrons. The van der Waals surface area contributed by atoms with Crippen LogP contribution < -0.4 is 20.9 Å². The number of rotatable bonds is 2. The molecule has 4 atom stereocenters. The Morgan fingerprint density at radius 3 is 2.26 bits per heavy atom. The highest BCUT2D eigenvalue weighted by Gasteiger charge is 2.34. The second-order valence-electron chi connectivity index (χ2n) is 4.84. The molecule has 0 saturated carbocycles. The molecule has 0 spiro atoms. The number of hydrogen-bond donors (Lipinski definition) is 4. The van der Waals surface area contributed by atoms with Gasteiger partial charge in [0, 0.05) is 33.0 Å². The lowest BCUT2D eigenvalue weighted by Gasteiger charge is -2.12. The normalized spacial score (nSPS) is 28.7. The van der Waals surface area contributed by atoms with Crippen molar-refractivity contribution in [1.29, 1.82) is 0 Å². The summed E-state index contributed by atoms with van der Waals surface area (Å²) in [4.78, 5) is 10.3. The first kappa shape index (κ1) is 14.9. The van der Waals surface area contributed by atoms with Gasteiger partial charge in [0.2, 0.25) is 22.7 Å². The monoisotopic (exact) mass is 338 g/mol. The Morgan fingerprint density at radius 1 is 0.739 bits per heavy atom. The Bertz CT molecular complexity index is 777. The first-order chi connectivity index (χ1) is 11.0. The maximum absolute atomic E-state index is 11.8. The molecule has 0 amide bonds. The summed E-state index contributed by atoms with van der Waals surface area (Å²) in [5, 5.41) is 43.7. The zero-order valence-electron chi connectivity index (χ0n) is 11.3. The minimum Gasteiger partial charge on any atom is -0.590 e. The van der Waals surface area contributed by atoms with E-state index in [9.17, 15) is 20.8 Å². The molecule has 0 aromatic heterocycles. The minimum atomic E-state index is -0.694. The largest absolute Gasteiger partial charge is 0.590 e. The molecule has 2 aromatic carbocycles. The van der Waals surface area contributed by atoms with E-state index >= 15 is 0 Å². The molecule has 0 fully saturated rings. The van der Waals surface area contributed by atoms with Crippen molar-refractivity contribution in [3.8, 4) is 0 Å². The predicted molar refractivity (Wildman–Crippen MR) is 75.1 cm³/mol. The van der Waals surface area contributed by atoms with Gasteiger partial charge in [-0.2, -0.15) is 0 Å². The summed E-state index contributed by atoms with van der Waals surface area (Å²) in [5.41, 5.74) is 0.829. The zero-order chi connectivity index (χ0) is 16.1. The molecular weight excluding hydrogens is 328 g/mol. The van der Waals surface area contributed by atoms with E-state index in [4.69, 9.17) is 0 Å². The summed E-state index contributed by atoms with van der Waals surface area (Å²) >= 11 is 1.20. The molecule has 0 radical (unpaired) electrons. The van der Waals surface area contributed by atoms with Crippen molar-refractivity contribution in [1.82, 2.24) is 0 Å². The standard InChI is InChI=1S/C12H10N4O6S/c17-13-8-5-4-7(6-10(8)15(19)21-13)23-11-3-1-2-9-12(11)16(20)22-14(9)18/h1-6,13-16H. The fourth-order valence-corrected chi connectivity index (χ4v) is 3.45. The lowest BCUT2D eigenvalue weighted by Crippen LogP contribution is -3.15. The Balaban J connectivity index is 1.69. The van der Waals surface area contributed by atoms with Gasteiger partial charge < -0.3 is 20.8 Å². The summed E-state index contributed by atoms with van der Waals surface area (Å²) < 4.78 is 0. The number of quaternary nitrogens is 4. The minimum absolute atomic E-state index is 0.186. The molecule has 11 heteroatoms. The van der Waals surface area contributed by atoms with Gasteiger partial charge in [-0.1, -0.05) is 17.8 Å². The predicted octanol–water partition coefficient (Wildman–Crippen LogP) is -2.38. The van der Waals surface area contributed by atoms with Crippen LogP contribution in [0.5, 0.6) is 0 Å². The first-order valence-electron chi connectivity index (χ1n) is 6.52. The smallest absolute Gasteiger partial charge is 0.247 e. The second kappa shape index (κ2) is 5.48. The zero-order valence-corrected chi connectivity index (χ0v) is 12.1. The molecule has 0 bridgehead atoms. The van der Waals surface area contributed by atoms with Crippen molar-refractivity contribution >= 4 is 34.5 Å². The number of hydrogen-bond acceptors (Lipinski definition) is 7. The number of benzene rings is 2. The van der Waals surface area contributed by atoms with Gasteiger partial charge in [-0.3, -0.25) is 0 Å². The maximum Gasteiger partial charge on any atom is 0.247 e. The third-order valence-corrected chi connectivity index (χ3v) is 4.53. The quantitative estimate of drug-likeness (QED) is 0.450. The molecule has 2 aliphatic heterocycles. The van der Waals surface area contributed by atoms with E-state index < -0.39 is 20.9 Å². The highest BCUT2D eigenvalue weighted by Crippen LogP contribution is 2.37. The highest BCUT2D eigenvalue weighted by molar-refractivity contribution is 7.99. The van der Waals surface area contributed by atoms with Crippen LogP contribution in [-0.2, 0) is 9.88 Å². The Hall–Kier alpha value is -1.61. The molecule has 0 aliphatic carbocycles. The van der Waals surface area contributed by atoms with Gasteiger partial charge in [0.15, 0.2) is 0 Å². The van der Waals surface area contributed by atoms with Crippen LogP contribution in [0.4, 0.5) is 22.7 Å². The van der Waals surface area contributed by atoms with Crippen LogP contribution in [0.25, 0.3) is 0 Å². The molecule has 2 heterocycles. The third-order valence-electron chi connectivity index (χ3n) is 3.48. The van der Waals surface area contributed by atoms with E-state index in [1.807, 2.05) is 0 Å². The van der Waals surface area contributed by atoms with E-state index in [-0.39, 0.29) is 22.7 Å². The molecule has 2 aliphatic rings. The second-order valence-corrected chi connectivity index (χ2v) is 5.96. The van der Waals surface area contributed by atoms with Crippen molar-refractivity contribution in [2.24, 2.45) is 0 Å². The first-order valence-corrected chi connectivity index (χ1v) is 7.34. The van der Waals surface area contributed by atoms with Gasteiger partial charge in [-0.25, -0.2) is 0 Å². The Morgan fingerprint density at radius 2 is 1.43 bits per heavy atom. The lowest BCUT2D eigenvalue weighted by atomic mass is 10.3. The summed E-state index contributed by atoms with van der Waals surface area (Å²) in [7, 11) is 0. The third kappa shape index (κ3) is 2.42. The molecule has 2 aromatic rings. The van der Waals surface area contributed by atoms with Crippen LogP contribution in [-0.4, -0.2) is 0 Å². The fourth-order valence-electron chi connectivity index (χ4n) is 2.44. The summed E-state index contributed by atoms with van der Waals surface area (Å²) in [6, 6.07) is 9.51. The molecular formula is C12H10N4O6S. The molecule has 4 rings (SSSR count). The summed E-state index contributed by atoms with van der Waals surface area (Å²) in [6.45, 7) is 0. The van der Waals surface area contributed by atoms with Crippen LogP contribution >= 0.6 is 11.8 Å². The summed E-state index contributed by atoms with van der Waals surface area (Å²) in [5.74, 6) is 0. The molecule has 4 unspecified atom stereocenters. The van der Waals surface area contributed by atoms with Gasteiger partial charge in [0.05, 0.1) is 4.90 Å². The van der Waals surface area contributed by atoms with Crippen LogP contribution in [0.1, 0.15) is 0 Å². The van der Waals surface area contributed by atoms with E-state index in [0.717, 1.165) is 0 Å². The molecule has 0 saturated heterocycles. The molecule has 10 nitrogen and oxygen atoms in total. The Labute approximate surface area is 133 Å². The van der Waals surface area contributed by atoms with Gasteiger partial charge in [-0.15, -0.1) is 20.9 Å². The van der Waals surface area contributed by atoms with E-state index in [1.54, 1.807) is 18.2 Å². The molecule has 23 heavy (non-hydrogen) atoms. The SMILES string of the molecule is [O-][NH+]1O[NH+]([O-])c2cc(Sc3cccc4c3[NH+]([O-])O[NH+]4[O-])ccc21. The maximum atomic E-state index is 11.8. The average molecular weight is 338 g/mol. The van der Waals surface area contributed by atoms with Crippen molar-refractivity contribution in [3.63, 3.8) is 0 Å². The lowest BCUT2D eigenvalue weighted by molar-refractivity contribution is -1.24. The molecule has 4 N–H and O–H groups in total. The van der Waals surface area contributed by atoms with Crippen molar-refractivity contribution < 1.29 is 30.8 Å². The highest BCUT2D eigenvalue weighted by atomic mass is 32.2. The van der Waals surface area contributed by atoms with Gasteiger partial charge >= 0.3 is 0 Å². The van der Waals surface area contributed by atoms with Crippen LogP contribution in [0.2, 0.25) is 0 Å². The van der Waals surface area contributed by atoms with E-state index in [1.165, 1.54) is 30.0 Å². The topological polar surface area (TPSA) is 128 Å². The Kier molecular flexibility index (Phi) is 3.56. The fraction of sp³-hybridized carbons (Fsp3) is 0. The van der Waals surface area contributed by atoms with Gasteiger partial charge in [0.1, 0.15) is 0 Å². The van der Waals surface area contributed by atoms with Crippen LogP contribution in [0, 0.1) is 20.8 Å².